The maximum Gasteiger partial charge on any atom is 0.573 e. The molecule has 1 aromatic rings. The van der Waals surface area contributed by atoms with Crippen molar-refractivity contribution in [2.75, 3.05) is 26.3 Å². The molecule has 1 aromatic carbocycles. The molecule has 1 aliphatic heterocycles. The first kappa shape index (κ1) is 18.0. The van der Waals surface area contributed by atoms with Gasteiger partial charge in [-0.15, -0.1) is 13.2 Å². The number of alkyl halides is 3. The summed E-state index contributed by atoms with van der Waals surface area (Å²) in [6, 6.07) is 6.00. The highest BCUT2D eigenvalue weighted by Crippen LogP contribution is 2.23. The highest BCUT2D eigenvalue weighted by atomic mass is 19.4. The van der Waals surface area contributed by atoms with E-state index in [1.165, 1.54) is 12.1 Å². The fourth-order valence-corrected chi connectivity index (χ4v) is 2.60. The second kappa shape index (κ2) is 8.52. The van der Waals surface area contributed by atoms with E-state index in [2.05, 4.69) is 9.64 Å². The van der Waals surface area contributed by atoms with Gasteiger partial charge in [0.15, 0.2) is 0 Å². The molecule has 130 valence electrons. The monoisotopic (exact) mass is 333 g/mol. The number of nitrogens with zero attached hydrogens (tertiary/aromatic N) is 1. The lowest BCUT2D eigenvalue weighted by Crippen LogP contribution is -2.36. The van der Waals surface area contributed by atoms with E-state index in [-0.39, 0.29) is 18.5 Å². The lowest BCUT2D eigenvalue weighted by molar-refractivity contribution is -0.274. The number of likely N-dealkylation sites (tertiary alicyclic amines) is 1. The molecule has 0 amide bonds. The van der Waals surface area contributed by atoms with E-state index in [0.29, 0.717) is 19.6 Å². The van der Waals surface area contributed by atoms with Crippen molar-refractivity contribution in [3.63, 3.8) is 0 Å². The van der Waals surface area contributed by atoms with Crippen LogP contribution in [0.5, 0.6) is 5.75 Å². The number of halogens is 3. The smallest absolute Gasteiger partial charge is 0.406 e. The SMILES string of the molecule is OCCCOC1CCN(Cc2ccc(OC(F)(F)F)cc2)CC1. The molecule has 1 aliphatic rings. The fourth-order valence-electron chi connectivity index (χ4n) is 2.60. The molecule has 0 aliphatic carbocycles. The maximum absolute atomic E-state index is 12.1. The number of ether oxygens (including phenoxy) is 2. The Bertz CT molecular complexity index is 457. The van der Waals surface area contributed by atoms with Gasteiger partial charge >= 0.3 is 6.36 Å². The molecule has 0 aromatic heterocycles. The summed E-state index contributed by atoms with van der Waals surface area (Å²) in [5.41, 5.74) is 0.958. The van der Waals surface area contributed by atoms with Crippen molar-refractivity contribution in [3.8, 4) is 5.75 Å². The number of benzene rings is 1. The molecule has 1 heterocycles. The molecular weight excluding hydrogens is 311 g/mol. The second-order valence-electron chi connectivity index (χ2n) is 5.62. The third kappa shape index (κ3) is 6.76. The first-order valence-electron chi connectivity index (χ1n) is 7.76. The molecule has 0 atom stereocenters. The molecule has 7 heteroatoms. The van der Waals surface area contributed by atoms with Gasteiger partial charge in [-0.05, 0) is 37.0 Å². The number of hydrogen-bond acceptors (Lipinski definition) is 4. The van der Waals surface area contributed by atoms with Crippen molar-refractivity contribution in [2.24, 2.45) is 0 Å². The number of aliphatic hydroxyl groups excluding tert-OH is 1. The van der Waals surface area contributed by atoms with Crippen molar-refractivity contribution in [1.29, 1.82) is 0 Å². The Morgan fingerprint density at radius 2 is 1.78 bits per heavy atom. The van der Waals surface area contributed by atoms with Gasteiger partial charge in [-0.25, -0.2) is 0 Å². The molecule has 1 saturated heterocycles. The zero-order valence-corrected chi connectivity index (χ0v) is 12.9. The molecule has 4 nitrogen and oxygen atoms in total. The van der Waals surface area contributed by atoms with Gasteiger partial charge in [0, 0.05) is 32.8 Å². The van der Waals surface area contributed by atoms with Crippen LogP contribution in [-0.4, -0.2) is 48.8 Å². The minimum absolute atomic E-state index is 0.146. The van der Waals surface area contributed by atoms with Gasteiger partial charge in [-0.2, -0.15) is 0 Å². The van der Waals surface area contributed by atoms with Gasteiger partial charge in [0.1, 0.15) is 5.75 Å². The van der Waals surface area contributed by atoms with Crippen molar-refractivity contribution in [2.45, 2.75) is 38.3 Å². The first-order chi connectivity index (χ1) is 11.0. The minimum Gasteiger partial charge on any atom is -0.406 e. The van der Waals surface area contributed by atoms with Crippen LogP contribution in [0.4, 0.5) is 13.2 Å². The summed E-state index contributed by atoms with van der Waals surface area (Å²) in [7, 11) is 0. The quantitative estimate of drug-likeness (QED) is 0.779. The van der Waals surface area contributed by atoms with E-state index in [4.69, 9.17) is 9.84 Å². The number of piperidine rings is 1. The molecule has 1 fully saturated rings. The molecule has 1 N–H and O–H groups in total. The Labute approximate surface area is 133 Å². The lowest BCUT2D eigenvalue weighted by atomic mass is 10.1. The average molecular weight is 333 g/mol. The summed E-state index contributed by atoms with van der Waals surface area (Å²) in [5, 5.41) is 8.72. The van der Waals surface area contributed by atoms with E-state index in [9.17, 15) is 13.2 Å². The summed E-state index contributed by atoms with van der Waals surface area (Å²) >= 11 is 0. The predicted octanol–water partition coefficient (Wildman–Crippen LogP) is 2.95. The van der Waals surface area contributed by atoms with Crippen molar-refractivity contribution < 1.29 is 27.8 Å². The first-order valence-corrected chi connectivity index (χ1v) is 7.76. The van der Waals surface area contributed by atoms with Gasteiger partial charge < -0.3 is 14.6 Å². The average Bonchev–Trinajstić information content (AvgIpc) is 2.50. The topological polar surface area (TPSA) is 41.9 Å². The zero-order chi connectivity index (χ0) is 16.7. The van der Waals surface area contributed by atoms with E-state index in [1.807, 2.05) is 0 Å². The second-order valence-corrected chi connectivity index (χ2v) is 5.62. The highest BCUT2D eigenvalue weighted by molar-refractivity contribution is 5.27. The number of aliphatic hydroxyl groups is 1. The Balaban J connectivity index is 1.73. The molecule has 23 heavy (non-hydrogen) atoms. The van der Waals surface area contributed by atoms with Crippen molar-refractivity contribution in [3.05, 3.63) is 29.8 Å². The van der Waals surface area contributed by atoms with Crippen LogP contribution >= 0.6 is 0 Å². The third-order valence-corrected chi connectivity index (χ3v) is 3.75. The van der Waals surface area contributed by atoms with Crippen molar-refractivity contribution in [1.82, 2.24) is 4.90 Å². The Morgan fingerprint density at radius 1 is 1.13 bits per heavy atom. The van der Waals surface area contributed by atoms with Crippen LogP contribution in [0.3, 0.4) is 0 Å². The Hall–Kier alpha value is -1.31. The van der Waals surface area contributed by atoms with Gasteiger partial charge in [0.25, 0.3) is 0 Å². The van der Waals surface area contributed by atoms with Crippen LogP contribution in [0.1, 0.15) is 24.8 Å². The standard InChI is InChI=1S/C16H22F3NO3/c17-16(18,19)23-15-4-2-13(3-5-15)12-20-8-6-14(7-9-20)22-11-1-10-21/h2-5,14,21H,1,6-12H2. The van der Waals surface area contributed by atoms with E-state index in [1.54, 1.807) is 12.1 Å². The minimum atomic E-state index is -4.65. The molecule has 0 spiro atoms. The van der Waals surface area contributed by atoms with Gasteiger partial charge in [-0.1, -0.05) is 12.1 Å². The molecule has 0 saturated carbocycles. The Kier molecular flexibility index (Phi) is 6.68. The van der Waals surface area contributed by atoms with Gasteiger partial charge in [0.2, 0.25) is 0 Å². The van der Waals surface area contributed by atoms with Crippen LogP contribution in [0, 0.1) is 0 Å². The van der Waals surface area contributed by atoms with Crippen LogP contribution < -0.4 is 4.74 Å². The predicted molar refractivity (Wildman–Crippen MR) is 79.1 cm³/mol. The van der Waals surface area contributed by atoms with Crippen LogP contribution in [0.15, 0.2) is 24.3 Å². The molecule has 2 rings (SSSR count). The summed E-state index contributed by atoms with van der Waals surface area (Å²) in [6.45, 7) is 3.22. The van der Waals surface area contributed by atoms with E-state index >= 15 is 0 Å². The normalized spacial score (nSPS) is 17.4. The summed E-state index contributed by atoms with van der Waals surface area (Å²) < 4.78 is 45.9. The summed E-state index contributed by atoms with van der Waals surface area (Å²) in [4.78, 5) is 2.26. The molecular formula is C16H22F3NO3. The number of hydrogen-bond donors (Lipinski definition) is 1. The van der Waals surface area contributed by atoms with E-state index in [0.717, 1.165) is 31.5 Å². The summed E-state index contributed by atoms with van der Waals surface area (Å²) in [6.07, 6.45) is -1.90. The third-order valence-electron chi connectivity index (χ3n) is 3.75. The van der Waals surface area contributed by atoms with Crippen LogP contribution in [0.2, 0.25) is 0 Å². The van der Waals surface area contributed by atoms with Gasteiger partial charge in [0.05, 0.1) is 6.10 Å². The van der Waals surface area contributed by atoms with Gasteiger partial charge in [-0.3, -0.25) is 4.90 Å². The van der Waals surface area contributed by atoms with Crippen molar-refractivity contribution >= 4 is 0 Å². The lowest BCUT2D eigenvalue weighted by Gasteiger charge is -2.31. The summed E-state index contributed by atoms with van der Waals surface area (Å²) in [5.74, 6) is -0.197. The molecule has 0 unspecified atom stereocenters. The highest BCUT2D eigenvalue weighted by Gasteiger charge is 2.31. The maximum atomic E-state index is 12.1. The zero-order valence-electron chi connectivity index (χ0n) is 12.9. The fraction of sp³-hybridized carbons (Fsp3) is 0.625. The van der Waals surface area contributed by atoms with Crippen LogP contribution in [-0.2, 0) is 11.3 Å². The molecule has 0 radical (unpaired) electrons. The number of rotatable bonds is 7. The largest absolute Gasteiger partial charge is 0.573 e. The van der Waals surface area contributed by atoms with E-state index < -0.39 is 6.36 Å². The van der Waals surface area contributed by atoms with Crippen LogP contribution in [0.25, 0.3) is 0 Å². The Morgan fingerprint density at radius 3 is 2.35 bits per heavy atom. The molecule has 0 bridgehead atoms.